The van der Waals surface area contributed by atoms with E-state index in [0.717, 1.165) is 12.1 Å². The summed E-state index contributed by atoms with van der Waals surface area (Å²) in [5, 5.41) is 5.97. The van der Waals surface area contributed by atoms with Crippen LogP contribution in [0.1, 0.15) is 18.5 Å². The van der Waals surface area contributed by atoms with Gasteiger partial charge in [-0.3, -0.25) is 4.79 Å². The van der Waals surface area contributed by atoms with Crippen molar-refractivity contribution in [1.29, 1.82) is 0 Å². The van der Waals surface area contributed by atoms with E-state index in [1.54, 1.807) is 12.1 Å². The first-order valence-electron chi connectivity index (χ1n) is 7.10. The van der Waals surface area contributed by atoms with Gasteiger partial charge in [0.15, 0.2) is 0 Å². The summed E-state index contributed by atoms with van der Waals surface area (Å²) in [5.74, 6) is -0.174. The fourth-order valence-corrected chi connectivity index (χ4v) is 2.91. The number of benzene rings is 1. The Morgan fingerprint density at radius 2 is 2.05 bits per heavy atom. The summed E-state index contributed by atoms with van der Waals surface area (Å²) in [6.07, 6.45) is -0.486. The summed E-state index contributed by atoms with van der Waals surface area (Å²) in [4.78, 5) is 12.3. The molecule has 0 saturated carbocycles. The van der Waals surface area contributed by atoms with Gasteiger partial charge in [-0.2, -0.15) is 0 Å². The Kier molecular flexibility index (Phi) is 5.52. The molecule has 7 nitrogen and oxygen atoms in total. The van der Waals surface area contributed by atoms with Gasteiger partial charge in [-0.05, 0) is 31.7 Å². The topological polar surface area (TPSA) is 96.5 Å². The normalized spacial score (nSPS) is 20.4. The third-order valence-electron chi connectivity index (χ3n) is 3.54. The largest absolute Gasteiger partial charge is 0.366 e. The first kappa shape index (κ1) is 16.9. The van der Waals surface area contributed by atoms with Crippen molar-refractivity contribution in [3.63, 3.8) is 0 Å². The van der Waals surface area contributed by atoms with E-state index in [1.165, 1.54) is 19.2 Å². The number of carbonyl (C=O) groups excluding carboxylic acids is 1. The van der Waals surface area contributed by atoms with Gasteiger partial charge in [-0.15, -0.1) is 0 Å². The molecule has 2 unspecified atom stereocenters. The van der Waals surface area contributed by atoms with Crippen LogP contribution in [-0.4, -0.2) is 47.2 Å². The molecule has 2 rings (SSSR count). The van der Waals surface area contributed by atoms with Crippen molar-refractivity contribution in [2.24, 2.45) is 0 Å². The van der Waals surface area contributed by atoms with Crippen molar-refractivity contribution in [3.05, 3.63) is 29.8 Å². The molecule has 1 aliphatic rings. The van der Waals surface area contributed by atoms with E-state index >= 15 is 0 Å². The molecule has 0 spiro atoms. The Hall–Kier alpha value is -1.48. The highest BCUT2D eigenvalue weighted by Gasteiger charge is 2.23. The third-order valence-corrected chi connectivity index (χ3v) is 4.97. The highest BCUT2D eigenvalue weighted by Crippen LogP contribution is 2.16. The lowest BCUT2D eigenvalue weighted by Gasteiger charge is -2.24. The van der Waals surface area contributed by atoms with Crippen molar-refractivity contribution in [2.45, 2.75) is 24.0 Å². The van der Waals surface area contributed by atoms with Crippen LogP contribution in [0.3, 0.4) is 0 Å². The molecule has 1 heterocycles. The molecule has 1 amide bonds. The molecule has 2 atom stereocenters. The SMILES string of the molecule is CNS(=O)(=O)c1ccc(C(C)NC(=O)C2CNCCO2)cc1. The number of morpholine rings is 1. The van der Waals surface area contributed by atoms with Crippen LogP contribution in [0.4, 0.5) is 0 Å². The van der Waals surface area contributed by atoms with Crippen LogP contribution in [0.2, 0.25) is 0 Å². The Morgan fingerprint density at radius 1 is 1.36 bits per heavy atom. The quantitative estimate of drug-likeness (QED) is 0.694. The van der Waals surface area contributed by atoms with Crippen molar-refractivity contribution in [1.82, 2.24) is 15.4 Å². The maximum absolute atomic E-state index is 12.1. The van der Waals surface area contributed by atoms with Crippen LogP contribution >= 0.6 is 0 Å². The molecule has 0 radical (unpaired) electrons. The smallest absolute Gasteiger partial charge is 0.250 e. The van der Waals surface area contributed by atoms with Gasteiger partial charge < -0.3 is 15.4 Å². The van der Waals surface area contributed by atoms with Crippen LogP contribution in [-0.2, 0) is 19.6 Å². The molecule has 8 heteroatoms. The molecule has 0 aromatic heterocycles. The van der Waals surface area contributed by atoms with Crippen molar-refractivity contribution in [3.8, 4) is 0 Å². The number of rotatable bonds is 5. The molecule has 3 N–H and O–H groups in total. The van der Waals surface area contributed by atoms with Gasteiger partial charge in [-0.25, -0.2) is 13.1 Å². The summed E-state index contributed by atoms with van der Waals surface area (Å²) in [5.41, 5.74) is 0.826. The van der Waals surface area contributed by atoms with E-state index < -0.39 is 16.1 Å². The zero-order chi connectivity index (χ0) is 16.2. The first-order valence-corrected chi connectivity index (χ1v) is 8.58. The van der Waals surface area contributed by atoms with E-state index in [2.05, 4.69) is 15.4 Å². The Bertz CT molecular complexity index is 609. The van der Waals surface area contributed by atoms with E-state index in [4.69, 9.17) is 4.74 Å². The number of hydrogen-bond acceptors (Lipinski definition) is 5. The van der Waals surface area contributed by atoms with Gasteiger partial charge in [0.2, 0.25) is 10.0 Å². The molecule has 0 bridgehead atoms. The van der Waals surface area contributed by atoms with Gasteiger partial charge in [-0.1, -0.05) is 12.1 Å². The molecular formula is C14H21N3O4S. The highest BCUT2D eigenvalue weighted by atomic mass is 32.2. The fraction of sp³-hybridized carbons (Fsp3) is 0.500. The molecule has 1 fully saturated rings. The molecule has 1 aliphatic heterocycles. The van der Waals surface area contributed by atoms with Crippen molar-refractivity contribution in [2.75, 3.05) is 26.7 Å². The standard InChI is InChI=1S/C14H21N3O4S/c1-10(17-14(18)13-9-16-7-8-21-13)11-3-5-12(6-4-11)22(19,20)15-2/h3-6,10,13,15-16H,7-9H2,1-2H3,(H,17,18). The summed E-state index contributed by atoms with van der Waals surface area (Å²) < 4.78 is 31.0. The van der Waals surface area contributed by atoms with Crippen molar-refractivity contribution >= 4 is 15.9 Å². The van der Waals surface area contributed by atoms with E-state index in [9.17, 15) is 13.2 Å². The summed E-state index contributed by atoms with van der Waals surface area (Å²) >= 11 is 0. The van der Waals surface area contributed by atoms with E-state index in [1.807, 2.05) is 6.92 Å². The monoisotopic (exact) mass is 327 g/mol. The average Bonchev–Trinajstić information content (AvgIpc) is 2.55. The Morgan fingerprint density at radius 3 is 2.59 bits per heavy atom. The van der Waals surface area contributed by atoms with E-state index in [-0.39, 0.29) is 16.8 Å². The summed E-state index contributed by atoms with van der Waals surface area (Å²) in [6, 6.07) is 6.18. The second-order valence-electron chi connectivity index (χ2n) is 5.07. The Balaban J connectivity index is 2.00. The maximum atomic E-state index is 12.1. The molecular weight excluding hydrogens is 306 g/mol. The molecule has 0 aliphatic carbocycles. The van der Waals surface area contributed by atoms with Crippen LogP contribution in [0.5, 0.6) is 0 Å². The minimum absolute atomic E-state index is 0.174. The second-order valence-corrected chi connectivity index (χ2v) is 6.96. The zero-order valence-electron chi connectivity index (χ0n) is 12.6. The van der Waals surface area contributed by atoms with Gasteiger partial charge in [0.25, 0.3) is 5.91 Å². The first-order chi connectivity index (χ1) is 10.4. The minimum atomic E-state index is -3.45. The van der Waals surface area contributed by atoms with Crippen molar-refractivity contribution < 1.29 is 17.9 Å². The highest BCUT2D eigenvalue weighted by molar-refractivity contribution is 7.89. The van der Waals surface area contributed by atoms with Gasteiger partial charge in [0.05, 0.1) is 17.5 Å². The number of hydrogen-bond donors (Lipinski definition) is 3. The number of sulfonamides is 1. The maximum Gasteiger partial charge on any atom is 0.250 e. The second kappa shape index (κ2) is 7.19. The van der Waals surface area contributed by atoms with Gasteiger partial charge in [0.1, 0.15) is 6.10 Å². The van der Waals surface area contributed by atoms with E-state index in [0.29, 0.717) is 13.2 Å². The fourth-order valence-electron chi connectivity index (χ4n) is 2.18. The molecule has 1 aromatic carbocycles. The average molecular weight is 327 g/mol. The molecule has 122 valence electrons. The number of carbonyl (C=O) groups is 1. The zero-order valence-corrected chi connectivity index (χ0v) is 13.4. The molecule has 1 saturated heterocycles. The van der Waals surface area contributed by atoms with Gasteiger partial charge >= 0.3 is 0 Å². The van der Waals surface area contributed by atoms with Crippen LogP contribution in [0, 0.1) is 0 Å². The predicted octanol–water partition coefficient (Wildman–Crippen LogP) is -0.240. The lowest BCUT2D eigenvalue weighted by molar-refractivity contribution is -0.134. The number of ether oxygens (including phenoxy) is 1. The van der Waals surface area contributed by atoms with Crippen LogP contribution < -0.4 is 15.4 Å². The Labute approximate surface area is 130 Å². The van der Waals surface area contributed by atoms with Crippen LogP contribution in [0.15, 0.2) is 29.2 Å². The van der Waals surface area contributed by atoms with Gasteiger partial charge in [0, 0.05) is 13.1 Å². The lowest BCUT2D eigenvalue weighted by Crippen LogP contribution is -2.48. The lowest BCUT2D eigenvalue weighted by atomic mass is 10.1. The minimum Gasteiger partial charge on any atom is -0.366 e. The third kappa shape index (κ3) is 4.04. The summed E-state index contributed by atoms with van der Waals surface area (Å²) in [7, 11) is -2.08. The number of nitrogens with one attached hydrogen (secondary N) is 3. The molecule has 22 heavy (non-hydrogen) atoms. The van der Waals surface area contributed by atoms with Crippen LogP contribution in [0.25, 0.3) is 0 Å². The number of amides is 1. The summed E-state index contributed by atoms with van der Waals surface area (Å²) in [6.45, 7) is 3.61. The predicted molar refractivity (Wildman–Crippen MR) is 81.9 cm³/mol. The molecule has 1 aromatic rings.